The highest BCUT2D eigenvalue weighted by Gasteiger charge is 2.32. The molecule has 3 rings (SSSR count). The van der Waals surface area contributed by atoms with Crippen molar-refractivity contribution in [2.45, 2.75) is 44.6 Å². The third-order valence-corrected chi connectivity index (χ3v) is 4.55. The topological polar surface area (TPSA) is 40.5 Å². The maximum atomic E-state index is 11.4. The van der Waals surface area contributed by atoms with Gasteiger partial charge < -0.3 is 10.0 Å². The summed E-state index contributed by atoms with van der Waals surface area (Å²) in [6, 6.07) is 8.86. The van der Waals surface area contributed by atoms with Gasteiger partial charge in [0.1, 0.15) is 0 Å². The van der Waals surface area contributed by atoms with Crippen molar-refractivity contribution in [2.75, 3.05) is 11.4 Å². The Labute approximate surface area is 114 Å². The van der Waals surface area contributed by atoms with E-state index in [2.05, 4.69) is 23.1 Å². The summed E-state index contributed by atoms with van der Waals surface area (Å²) >= 11 is 0. The third kappa shape index (κ3) is 2.46. The van der Waals surface area contributed by atoms with Crippen LogP contribution in [0.25, 0.3) is 0 Å². The summed E-state index contributed by atoms with van der Waals surface area (Å²) in [6.45, 7) is 0.678. The number of fused-ring (bicyclic) bond motifs is 1. The maximum Gasteiger partial charge on any atom is 0.308 e. The van der Waals surface area contributed by atoms with Crippen molar-refractivity contribution in [3.05, 3.63) is 29.8 Å². The van der Waals surface area contributed by atoms with E-state index >= 15 is 0 Å². The van der Waals surface area contributed by atoms with Crippen molar-refractivity contribution < 1.29 is 9.90 Å². The molecule has 1 aromatic rings. The molecular weight excluding hydrogens is 238 g/mol. The SMILES string of the molecule is O=C(O)C1Cc2ccccc2N(C2CCCCC2)C1. The molecule has 1 unspecified atom stereocenters. The Morgan fingerprint density at radius 2 is 1.89 bits per heavy atom. The van der Waals surface area contributed by atoms with Crippen LogP contribution in [0.15, 0.2) is 24.3 Å². The van der Waals surface area contributed by atoms with E-state index in [-0.39, 0.29) is 5.92 Å². The van der Waals surface area contributed by atoms with Gasteiger partial charge in [0.15, 0.2) is 0 Å². The summed E-state index contributed by atoms with van der Waals surface area (Å²) in [5.41, 5.74) is 2.47. The Balaban J connectivity index is 1.90. The zero-order valence-corrected chi connectivity index (χ0v) is 11.2. The lowest BCUT2D eigenvalue weighted by Crippen LogP contribution is -2.45. The second-order valence-corrected chi connectivity index (χ2v) is 5.81. The van der Waals surface area contributed by atoms with Gasteiger partial charge in [-0.1, -0.05) is 37.5 Å². The van der Waals surface area contributed by atoms with Gasteiger partial charge in [-0.25, -0.2) is 0 Å². The van der Waals surface area contributed by atoms with E-state index in [4.69, 9.17) is 0 Å². The molecule has 3 nitrogen and oxygen atoms in total. The number of anilines is 1. The van der Waals surface area contributed by atoms with Gasteiger partial charge in [-0.05, 0) is 30.9 Å². The Bertz CT molecular complexity index is 466. The van der Waals surface area contributed by atoms with Crippen molar-refractivity contribution in [1.82, 2.24) is 0 Å². The number of carbonyl (C=O) groups is 1. The molecule has 0 bridgehead atoms. The summed E-state index contributed by atoms with van der Waals surface area (Å²) in [6.07, 6.45) is 6.98. The molecule has 0 spiro atoms. The number of carboxylic acid groups (broad SMARTS) is 1. The lowest BCUT2D eigenvalue weighted by atomic mass is 9.87. The highest BCUT2D eigenvalue weighted by molar-refractivity contribution is 5.74. The number of rotatable bonds is 2. The number of nitrogens with zero attached hydrogens (tertiary/aromatic N) is 1. The standard InChI is InChI=1S/C16H21NO2/c18-16(19)13-10-12-6-4-5-9-15(12)17(11-13)14-7-2-1-3-8-14/h4-6,9,13-14H,1-3,7-8,10-11H2,(H,18,19). The molecule has 0 aromatic heterocycles. The van der Waals surface area contributed by atoms with E-state index in [9.17, 15) is 9.90 Å². The van der Waals surface area contributed by atoms with E-state index < -0.39 is 5.97 Å². The summed E-state index contributed by atoms with van der Waals surface area (Å²) in [5, 5.41) is 9.35. The quantitative estimate of drug-likeness (QED) is 0.887. The van der Waals surface area contributed by atoms with E-state index in [0.717, 1.165) is 0 Å². The number of aliphatic carboxylic acids is 1. The fraction of sp³-hybridized carbons (Fsp3) is 0.562. The fourth-order valence-corrected chi connectivity index (χ4v) is 3.53. The van der Waals surface area contributed by atoms with Gasteiger partial charge in [0, 0.05) is 18.3 Å². The predicted molar refractivity (Wildman–Crippen MR) is 75.5 cm³/mol. The number of carboxylic acids is 1. The van der Waals surface area contributed by atoms with Crippen molar-refractivity contribution in [3.8, 4) is 0 Å². The molecule has 1 aromatic carbocycles. The van der Waals surface area contributed by atoms with Crippen molar-refractivity contribution in [3.63, 3.8) is 0 Å². The van der Waals surface area contributed by atoms with Crippen LogP contribution < -0.4 is 4.90 Å². The molecule has 0 saturated heterocycles. The molecule has 1 fully saturated rings. The van der Waals surface area contributed by atoms with Gasteiger partial charge >= 0.3 is 5.97 Å². The highest BCUT2D eigenvalue weighted by Crippen LogP contribution is 2.35. The molecule has 102 valence electrons. The third-order valence-electron chi connectivity index (χ3n) is 4.55. The number of hydrogen-bond acceptors (Lipinski definition) is 2. The van der Waals surface area contributed by atoms with Gasteiger partial charge in [0.25, 0.3) is 0 Å². The Kier molecular flexibility index (Phi) is 3.45. The number of hydrogen-bond donors (Lipinski definition) is 1. The monoisotopic (exact) mass is 259 g/mol. The Morgan fingerprint density at radius 1 is 1.16 bits per heavy atom. The first-order chi connectivity index (χ1) is 9.25. The average Bonchev–Trinajstić information content (AvgIpc) is 2.47. The van der Waals surface area contributed by atoms with Crippen LogP contribution in [-0.4, -0.2) is 23.7 Å². The summed E-state index contributed by atoms with van der Waals surface area (Å²) in [4.78, 5) is 13.7. The molecule has 0 radical (unpaired) electrons. The first-order valence-electron chi connectivity index (χ1n) is 7.33. The van der Waals surface area contributed by atoms with Crippen molar-refractivity contribution in [1.29, 1.82) is 0 Å². The normalized spacial score (nSPS) is 24.0. The zero-order chi connectivity index (χ0) is 13.2. The highest BCUT2D eigenvalue weighted by atomic mass is 16.4. The molecular formula is C16H21NO2. The first-order valence-corrected chi connectivity index (χ1v) is 7.33. The van der Waals surface area contributed by atoms with Gasteiger partial charge in [0.2, 0.25) is 0 Å². The van der Waals surface area contributed by atoms with Gasteiger partial charge in [-0.3, -0.25) is 4.79 Å². The summed E-state index contributed by atoms with van der Waals surface area (Å²) < 4.78 is 0. The van der Waals surface area contributed by atoms with Crippen LogP contribution >= 0.6 is 0 Å². The van der Waals surface area contributed by atoms with Crippen molar-refractivity contribution >= 4 is 11.7 Å². The van der Waals surface area contributed by atoms with Gasteiger partial charge in [0.05, 0.1) is 5.92 Å². The molecule has 1 aliphatic heterocycles. The van der Waals surface area contributed by atoms with Crippen LogP contribution in [0, 0.1) is 5.92 Å². The largest absolute Gasteiger partial charge is 0.481 e. The first kappa shape index (κ1) is 12.5. The zero-order valence-electron chi connectivity index (χ0n) is 11.2. The van der Waals surface area contributed by atoms with Crippen molar-refractivity contribution in [2.24, 2.45) is 5.92 Å². The van der Waals surface area contributed by atoms with E-state index in [1.807, 2.05) is 6.07 Å². The molecule has 1 saturated carbocycles. The number of benzene rings is 1. The molecule has 0 amide bonds. The second kappa shape index (κ2) is 5.24. The Hall–Kier alpha value is -1.51. The van der Waals surface area contributed by atoms with Crippen LogP contribution in [0.5, 0.6) is 0 Å². The average molecular weight is 259 g/mol. The van der Waals surface area contributed by atoms with Gasteiger partial charge in [-0.15, -0.1) is 0 Å². The minimum Gasteiger partial charge on any atom is -0.481 e. The maximum absolute atomic E-state index is 11.4. The fourth-order valence-electron chi connectivity index (χ4n) is 3.53. The predicted octanol–water partition coefficient (Wildman–Crippen LogP) is 3.08. The molecule has 3 heteroatoms. The van der Waals surface area contributed by atoms with Crippen LogP contribution in [0.3, 0.4) is 0 Å². The Morgan fingerprint density at radius 3 is 2.63 bits per heavy atom. The summed E-state index contributed by atoms with van der Waals surface area (Å²) in [5.74, 6) is -0.910. The molecule has 1 aliphatic carbocycles. The van der Waals surface area contributed by atoms with E-state index in [0.29, 0.717) is 19.0 Å². The molecule has 1 atom stereocenters. The summed E-state index contributed by atoms with van der Waals surface area (Å²) in [7, 11) is 0. The molecule has 19 heavy (non-hydrogen) atoms. The van der Waals surface area contributed by atoms with Crippen LogP contribution in [0.1, 0.15) is 37.7 Å². The van der Waals surface area contributed by atoms with E-state index in [1.54, 1.807) is 0 Å². The number of para-hydroxylation sites is 1. The minimum absolute atomic E-state index is 0.253. The van der Waals surface area contributed by atoms with Crippen LogP contribution in [-0.2, 0) is 11.2 Å². The smallest absolute Gasteiger partial charge is 0.308 e. The molecule has 1 N–H and O–H groups in total. The van der Waals surface area contributed by atoms with E-state index in [1.165, 1.54) is 43.4 Å². The minimum atomic E-state index is -0.657. The lowest BCUT2D eigenvalue weighted by molar-refractivity contribution is -0.141. The molecule has 1 heterocycles. The van der Waals surface area contributed by atoms with Gasteiger partial charge in [-0.2, -0.15) is 0 Å². The second-order valence-electron chi connectivity index (χ2n) is 5.81. The lowest BCUT2D eigenvalue weighted by Gasteiger charge is -2.41. The van der Waals surface area contributed by atoms with Crippen LogP contribution in [0.4, 0.5) is 5.69 Å². The van der Waals surface area contributed by atoms with Crippen LogP contribution in [0.2, 0.25) is 0 Å². The molecule has 2 aliphatic rings.